The molecule has 2 heteroatoms. The molecule has 1 aliphatic heterocycles. The van der Waals surface area contributed by atoms with E-state index in [-0.39, 0.29) is 12.0 Å². The number of nitrogens with one attached hydrogen (secondary N) is 1. The third-order valence-corrected chi connectivity index (χ3v) is 5.60. The highest BCUT2D eigenvalue weighted by atomic mass is 32.1. The van der Waals surface area contributed by atoms with Gasteiger partial charge < -0.3 is 5.32 Å². The van der Waals surface area contributed by atoms with Crippen LogP contribution in [0.1, 0.15) is 28.7 Å². The largest absolute Gasteiger partial charge is 0.309 e. The summed E-state index contributed by atoms with van der Waals surface area (Å²) in [5, 5.41) is 5.82. The first-order valence-corrected chi connectivity index (χ1v) is 8.99. The molecule has 2 aromatic carbocycles. The predicted octanol–water partition coefficient (Wildman–Crippen LogP) is 5.22. The first kappa shape index (κ1) is 14.7. The summed E-state index contributed by atoms with van der Waals surface area (Å²) in [4.78, 5) is 1.32. The molecule has 0 saturated carbocycles. The predicted molar refractivity (Wildman–Crippen MR) is 98.7 cm³/mol. The average molecular weight is 318 g/mol. The summed E-state index contributed by atoms with van der Waals surface area (Å²) in [7, 11) is 0. The van der Waals surface area contributed by atoms with Gasteiger partial charge in [-0.15, -0.1) is 11.3 Å². The molecule has 23 heavy (non-hydrogen) atoms. The lowest BCUT2D eigenvalue weighted by Crippen LogP contribution is -2.33. The zero-order valence-corrected chi connectivity index (χ0v) is 13.9. The molecule has 0 saturated heterocycles. The fourth-order valence-electron chi connectivity index (χ4n) is 3.55. The highest BCUT2D eigenvalue weighted by Gasteiger charge is 2.27. The fourth-order valence-corrected chi connectivity index (χ4v) is 4.33. The molecule has 1 nitrogen and oxygen atoms in total. The van der Waals surface area contributed by atoms with Crippen molar-refractivity contribution in [2.75, 3.05) is 6.54 Å². The van der Waals surface area contributed by atoms with Crippen molar-refractivity contribution in [1.29, 1.82) is 0 Å². The molecule has 115 valence electrons. The van der Waals surface area contributed by atoms with Gasteiger partial charge >= 0.3 is 0 Å². The Morgan fingerprint density at radius 3 is 2.70 bits per heavy atom. The molecule has 0 bridgehead atoms. The number of hydrogen-bond acceptors (Lipinski definition) is 2. The standard InChI is InChI=1S/C21H20NS/c1-15(21-18-9-3-2-7-16(18)12-13-22-21)17-8-4-5-10-19(17)20-11-6-14-23-20/h2-11,14-15,21-22H,1,12-13H2. The van der Waals surface area contributed by atoms with Crippen LogP contribution in [-0.4, -0.2) is 6.54 Å². The van der Waals surface area contributed by atoms with Crippen LogP contribution in [0, 0.1) is 6.92 Å². The van der Waals surface area contributed by atoms with Crippen molar-refractivity contribution < 1.29 is 0 Å². The molecule has 2 atom stereocenters. The minimum absolute atomic E-state index is 0.190. The monoisotopic (exact) mass is 318 g/mol. The highest BCUT2D eigenvalue weighted by Crippen LogP contribution is 2.39. The molecule has 2 unspecified atom stereocenters. The quantitative estimate of drug-likeness (QED) is 0.698. The summed E-state index contributed by atoms with van der Waals surface area (Å²) in [6.07, 6.45) is 1.10. The SMILES string of the molecule is [CH2]C(c1ccccc1-c1cccs1)C1NCCc2ccccc21. The van der Waals surface area contributed by atoms with Crippen molar-refractivity contribution in [2.24, 2.45) is 0 Å². The van der Waals surface area contributed by atoms with Crippen molar-refractivity contribution in [1.82, 2.24) is 5.32 Å². The van der Waals surface area contributed by atoms with Crippen LogP contribution in [0.25, 0.3) is 10.4 Å². The smallest absolute Gasteiger partial charge is 0.0392 e. The second-order valence-electron chi connectivity index (χ2n) is 6.05. The van der Waals surface area contributed by atoms with Crippen LogP contribution in [0.4, 0.5) is 0 Å². The van der Waals surface area contributed by atoms with Crippen molar-refractivity contribution >= 4 is 11.3 Å². The maximum atomic E-state index is 4.54. The number of fused-ring (bicyclic) bond motifs is 1. The second-order valence-corrected chi connectivity index (χ2v) is 7.00. The van der Waals surface area contributed by atoms with E-state index < -0.39 is 0 Å². The Morgan fingerprint density at radius 2 is 1.83 bits per heavy atom. The lowest BCUT2D eigenvalue weighted by Gasteiger charge is -2.32. The lowest BCUT2D eigenvalue weighted by molar-refractivity contribution is 0.467. The Kier molecular flexibility index (Phi) is 4.02. The normalized spacial score (nSPS) is 18.4. The van der Waals surface area contributed by atoms with Crippen LogP contribution in [0.5, 0.6) is 0 Å². The average Bonchev–Trinajstić information content (AvgIpc) is 3.15. The van der Waals surface area contributed by atoms with Crippen molar-refractivity contribution in [3.8, 4) is 10.4 Å². The molecule has 4 rings (SSSR count). The zero-order valence-electron chi connectivity index (χ0n) is 13.0. The summed E-state index contributed by atoms with van der Waals surface area (Å²) >= 11 is 1.79. The van der Waals surface area contributed by atoms with Gasteiger partial charge in [-0.25, -0.2) is 0 Å². The Balaban J connectivity index is 1.75. The minimum atomic E-state index is 0.190. The van der Waals surface area contributed by atoms with E-state index in [1.807, 2.05) is 0 Å². The summed E-state index contributed by atoms with van der Waals surface area (Å²) in [5.74, 6) is 0.190. The van der Waals surface area contributed by atoms with Gasteiger partial charge in [0.25, 0.3) is 0 Å². The van der Waals surface area contributed by atoms with E-state index in [0.29, 0.717) is 0 Å². The van der Waals surface area contributed by atoms with Crippen LogP contribution >= 0.6 is 11.3 Å². The molecule has 0 amide bonds. The Bertz CT molecular complexity index is 791. The van der Waals surface area contributed by atoms with Gasteiger partial charge in [0.05, 0.1) is 0 Å². The summed E-state index contributed by atoms with van der Waals surface area (Å²) in [6, 6.07) is 22.0. The maximum Gasteiger partial charge on any atom is 0.0392 e. The van der Waals surface area contributed by atoms with Crippen LogP contribution in [0.2, 0.25) is 0 Å². The Morgan fingerprint density at radius 1 is 1.00 bits per heavy atom. The van der Waals surface area contributed by atoms with E-state index in [2.05, 4.69) is 78.3 Å². The highest BCUT2D eigenvalue weighted by molar-refractivity contribution is 7.13. The molecule has 2 heterocycles. The summed E-state index contributed by atoms with van der Waals surface area (Å²) in [6.45, 7) is 5.57. The van der Waals surface area contributed by atoms with E-state index >= 15 is 0 Å². The first-order chi connectivity index (χ1) is 11.3. The van der Waals surface area contributed by atoms with Crippen LogP contribution in [-0.2, 0) is 6.42 Å². The van der Waals surface area contributed by atoms with Gasteiger partial charge in [0.2, 0.25) is 0 Å². The van der Waals surface area contributed by atoms with Gasteiger partial charge in [0.1, 0.15) is 0 Å². The third kappa shape index (κ3) is 2.73. The van der Waals surface area contributed by atoms with Crippen molar-refractivity contribution in [3.63, 3.8) is 0 Å². The second kappa shape index (κ2) is 6.31. The van der Waals surface area contributed by atoms with Crippen molar-refractivity contribution in [3.05, 3.63) is 89.7 Å². The molecule has 0 fully saturated rings. The van der Waals surface area contributed by atoms with Gasteiger partial charge in [-0.1, -0.05) is 54.6 Å². The van der Waals surface area contributed by atoms with Crippen LogP contribution < -0.4 is 5.32 Å². The van der Waals surface area contributed by atoms with Crippen molar-refractivity contribution in [2.45, 2.75) is 18.4 Å². The van der Waals surface area contributed by atoms with Crippen LogP contribution in [0.3, 0.4) is 0 Å². The van der Waals surface area contributed by atoms with E-state index in [0.717, 1.165) is 13.0 Å². The maximum absolute atomic E-state index is 4.54. The molecule has 1 aromatic heterocycles. The zero-order chi connectivity index (χ0) is 15.6. The van der Waals surface area contributed by atoms with Gasteiger partial charge in [0.15, 0.2) is 0 Å². The van der Waals surface area contributed by atoms with Gasteiger partial charge in [-0.3, -0.25) is 0 Å². The third-order valence-electron chi connectivity index (χ3n) is 4.70. The van der Waals surface area contributed by atoms with E-state index in [1.165, 1.54) is 27.1 Å². The van der Waals surface area contributed by atoms with E-state index in [9.17, 15) is 0 Å². The molecule has 1 N–H and O–H groups in total. The molecule has 1 radical (unpaired) electrons. The number of thiophene rings is 1. The molecule has 3 aromatic rings. The van der Waals surface area contributed by atoms with Crippen LogP contribution in [0.15, 0.2) is 66.0 Å². The summed E-state index contributed by atoms with van der Waals surface area (Å²) < 4.78 is 0. The number of hydrogen-bond donors (Lipinski definition) is 1. The van der Waals surface area contributed by atoms with E-state index in [4.69, 9.17) is 0 Å². The number of benzene rings is 2. The van der Waals surface area contributed by atoms with Gasteiger partial charge in [0, 0.05) is 16.8 Å². The molecule has 0 aliphatic carbocycles. The lowest BCUT2D eigenvalue weighted by atomic mass is 9.82. The molecule has 1 aliphatic rings. The number of rotatable bonds is 3. The van der Waals surface area contributed by atoms with Gasteiger partial charge in [-0.2, -0.15) is 0 Å². The fraction of sp³-hybridized carbons (Fsp3) is 0.190. The Labute approximate surface area is 142 Å². The van der Waals surface area contributed by atoms with Gasteiger partial charge in [-0.05, 0) is 53.6 Å². The molecular formula is C21H20NS. The topological polar surface area (TPSA) is 12.0 Å². The minimum Gasteiger partial charge on any atom is -0.309 e. The van der Waals surface area contributed by atoms with E-state index in [1.54, 1.807) is 11.3 Å². The first-order valence-electron chi connectivity index (χ1n) is 8.11. The molecule has 0 spiro atoms. The Hall–Kier alpha value is -1.90. The summed E-state index contributed by atoms with van der Waals surface area (Å²) in [5.41, 5.74) is 5.50. The molecular weight excluding hydrogens is 298 g/mol.